The Morgan fingerprint density at radius 1 is 1.10 bits per heavy atom. The van der Waals surface area contributed by atoms with Crippen molar-refractivity contribution >= 4 is 12.0 Å². The minimum Gasteiger partial charge on any atom is -0.456 e. The Kier molecular flexibility index (Phi) is 9.51. The van der Waals surface area contributed by atoms with Crippen LogP contribution in [0.4, 0.5) is 4.79 Å². The summed E-state index contributed by atoms with van der Waals surface area (Å²) in [5, 5.41) is 15.3. The summed E-state index contributed by atoms with van der Waals surface area (Å²) in [5.41, 5.74) is 7.56. The highest BCUT2D eigenvalue weighted by Crippen LogP contribution is 2.45. The summed E-state index contributed by atoms with van der Waals surface area (Å²) in [6.45, 7) is 5.55. The zero-order chi connectivity index (χ0) is 28.0. The summed E-state index contributed by atoms with van der Waals surface area (Å²) >= 11 is 0. The third-order valence-electron chi connectivity index (χ3n) is 8.39. The number of carbonyl (C=O) groups excluding carboxylic acids is 2. The van der Waals surface area contributed by atoms with E-state index in [-0.39, 0.29) is 23.8 Å². The summed E-state index contributed by atoms with van der Waals surface area (Å²) in [5.74, 6) is 1.31. The van der Waals surface area contributed by atoms with Crippen LogP contribution in [0, 0.1) is 25.7 Å². The Labute approximate surface area is 231 Å². The van der Waals surface area contributed by atoms with Crippen molar-refractivity contribution in [3.8, 4) is 11.5 Å². The number of hydrogen-bond acceptors (Lipinski definition) is 6. The van der Waals surface area contributed by atoms with Crippen LogP contribution in [0.5, 0.6) is 11.5 Å². The van der Waals surface area contributed by atoms with Gasteiger partial charge in [-0.05, 0) is 76.0 Å². The Hall–Kier alpha value is -3.10. The lowest BCUT2D eigenvalue weighted by Gasteiger charge is -2.44. The molecule has 0 spiro atoms. The van der Waals surface area contributed by atoms with Crippen LogP contribution < -0.4 is 15.8 Å². The lowest BCUT2D eigenvalue weighted by Crippen LogP contribution is -2.49. The number of methoxy groups -OCH3 is 1. The van der Waals surface area contributed by atoms with Crippen LogP contribution in [0.1, 0.15) is 61.6 Å². The van der Waals surface area contributed by atoms with Gasteiger partial charge < -0.3 is 30.5 Å². The van der Waals surface area contributed by atoms with Gasteiger partial charge in [0.2, 0.25) is 5.91 Å². The normalized spacial score (nSPS) is 22.7. The quantitative estimate of drug-likeness (QED) is 0.397. The highest BCUT2D eigenvalue weighted by atomic mass is 16.5. The second-order valence-electron chi connectivity index (χ2n) is 11.2. The van der Waals surface area contributed by atoms with E-state index in [1.54, 1.807) is 0 Å². The summed E-state index contributed by atoms with van der Waals surface area (Å²) in [6.07, 6.45) is 4.48. The number of aliphatic hydroxyl groups is 1. The average molecular weight is 538 g/mol. The molecule has 0 aromatic heterocycles. The Morgan fingerprint density at radius 3 is 2.54 bits per heavy atom. The first kappa shape index (κ1) is 28.9. The van der Waals surface area contributed by atoms with Gasteiger partial charge in [-0.15, -0.1) is 0 Å². The molecule has 2 aliphatic rings. The number of rotatable bonds is 9. The van der Waals surface area contributed by atoms with Gasteiger partial charge in [-0.25, -0.2) is 4.79 Å². The van der Waals surface area contributed by atoms with Gasteiger partial charge in [-0.2, -0.15) is 0 Å². The number of nitrogens with zero attached hydrogens (tertiary/aromatic N) is 1. The fourth-order valence-corrected chi connectivity index (χ4v) is 6.23. The van der Waals surface area contributed by atoms with Crippen LogP contribution in [0.2, 0.25) is 0 Å². The smallest absolute Gasteiger partial charge is 0.406 e. The largest absolute Gasteiger partial charge is 0.456 e. The molecule has 1 aliphatic carbocycles. The van der Waals surface area contributed by atoms with Crippen molar-refractivity contribution in [1.82, 2.24) is 10.2 Å². The molecule has 0 unspecified atom stereocenters. The van der Waals surface area contributed by atoms with Gasteiger partial charge in [0, 0.05) is 43.1 Å². The topological polar surface area (TPSA) is 114 Å². The number of aryl methyl sites for hydroxylation is 2. The first-order valence-electron chi connectivity index (χ1n) is 14.1. The molecule has 4 atom stereocenters. The fraction of sp³-hybridized carbons (Fsp3) is 0.548. The minimum atomic E-state index is -1.27. The lowest BCUT2D eigenvalue weighted by molar-refractivity contribution is -0.141. The molecule has 2 amide bonds. The number of amides is 2. The molecule has 1 saturated carbocycles. The van der Waals surface area contributed by atoms with E-state index in [0.29, 0.717) is 43.8 Å². The van der Waals surface area contributed by atoms with Crippen LogP contribution >= 0.6 is 0 Å². The molecule has 8 heteroatoms. The Balaban J connectivity index is 1.63. The monoisotopic (exact) mass is 537 g/mol. The maximum Gasteiger partial charge on any atom is 0.406 e. The number of nitrogens with two attached hydrogens (primary N) is 1. The molecule has 2 aromatic rings. The number of piperidine rings is 1. The van der Waals surface area contributed by atoms with E-state index in [4.69, 9.17) is 15.2 Å². The lowest BCUT2D eigenvalue weighted by atomic mass is 9.73. The Morgan fingerprint density at radius 2 is 1.85 bits per heavy atom. The predicted molar refractivity (Wildman–Crippen MR) is 151 cm³/mol. The molecule has 4 N–H and O–H groups in total. The number of carbonyl (C=O) groups is 2. The van der Waals surface area contributed by atoms with E-state index in [0.717, 1.165) is 49.0 Å². The van der Waals surface area contributed by atoms with Crippen LogP contribution in [0.25, 0.3) is 0 Å². The first-order chi connectivity index (χ1) is 18.7. The van der Waals surface area contributed by atoms with Gasteiger partial charge in [-0.1, -0.05) is 36.4 Å². The second-order valence-corrected chi connectivity index (χ2v) is 11.2. The van der Waals surface area contributed by atoms with Crippen molar-refractivity contribution in [2.75, 3.05) is 26.7 Å². The van der Waals surface area contributed by atoms with Crippen molar-refractivity contribution in [2.45, 2.75) is 70.4 Å². The summed E-state index contributed by atoms with van der Waals surface area (Å²) in [6, 6.07) is 13.7. The predicted octanol–water partition coefficient (Wildman–Crippen LogP) is 4.79. The minimum absolute atomic E-state index is 0.0317. The highest BCUT2D eigenvalue weighted by molar-refractivity contribution is 5.79. The van der Waals surface area contributed by atoms with Crippen LogP contribution in [0.15, 0.2) is 42.5 Å². The van der Waals surface area contributed by atoms with Crippen LogP contribution in [0.3, 0.4) is 0 Å². The average Bonchev–Trinajstić information content (AvgIpc) is 3.39. The zero-order valence-corrected chi connectivity index (χ0v) is 23.4. The van der Waals surface area contributed by atoms with Crippen molar-refractivity contribution in [3.05, 3.63) is 59.2 Å². The number of alkyl carbamates (subject to hydrolysis) is 1. The zero-order valence-electron chi connectivity index (χ0n) is 23.4. The van der Waals surface area contributed by atoms with Crippen LogP contribution in [-0.2, 0) is 15.1 Å². The van der Waals surface area contributed by atoms with Gasteiger partial charge in [0.05, 0.1) is 12.7 Å². The molecule has 8 nitrogen and oxygen atoms in total. The molecule has 2 fully saturated rings. The van der Waals surface area contributed by atoms with E-state index >= 15 is 0 Å². The number of para-hydroxylation sites is 2. The van der Waals surface area contributed by atoms with Gasteiger partial charge in [0.25, 0.3) is 0 Å². The van der Waals surface area contributed by atoms with E-state index in [1.165, 1.54) is 7.11 Å². The number of benzene rings is 2. The maximum atomic E-state index is 13.4. The second kappa shape index (κ2) is 12.8. The third-order valence-corrected chi connectivity index (χ3v) is 8.39. The summed E-state index contributed by atoms with van der Waals surface area (Å²) in [4.78, 5) is 27.0. The van der Waals surface area contributed by atoms with Crippen molar-refractivity contribution in [1.29, 1.82) is 0 Å². The van der Waals surface area contributed by atoms with E-state index in [2.05, 4.69) is 5.32 Å². The SMILES string of the molecule is COC(=O)NCCC[C@@](O)(c1ccccc1Oc1c(C)cccc1C)[C@@H]1CCCN(C(=O)[C@@H]2CC[C@H](N)C2)C1. The molecule has 212 valence electrons. The summed E-state index contributed by atoms with van der Waals surface area (Å²) in [7, 11) is 1.33. The highest BCUT2D eigenvalue weighted by Gasteiger charge is 2.44. The fourth-order valence-electron chi connectivity index (χ4n) is 6.23. The van der Waals surface area contributed by atoms with E-state index in [1.807, 2.05) is 61.2 Å². The molecule has 2 aromatic carbocycles. The van der Waals surface area contributed by atoms with E-state index in [9.17, 15) is 14.7 Å². The number of nitrogens with one attached hydrogen (secondary N) is 1. The third kappa shape index (κ3) is 6.73. The number of likely N-dealkylation sites (tertiary alicyclic amines) is 1. The maximum absolute atomic E-state index is 13.4. The Bertz CT molecular complexity index is 1130. The number of hydrogen-bond donors (Lipinski definition) is 3. The van der Waals surface area contributed by atoms with Gasteiger partial charge in [-0.3, -0.25) is 4.79 Å². The van der Waals surface area contributed by atoms with Crippen molar-refractivity contribution < 1.29 is 24.2 Å². The van der Waals surface area contributed by atoms with Crippen molar-refractivity contribution in [2.24, 2.45) is 17.6 Å². The van der Waals surface area contributed by atoms with Gasteiger partial charge in [0.15, 0.2) is 0 Å². The molecule has 0 radical (unpaired) electrons. The molecule has 0 bridgehead atoms. The standard InChI is InChI=1S/C31H43N3O5/c1-21-9-6-10-22(2)28(21)39-27-13-5-4-12-26(27)31(37,16-8-17-33-30(36)38-3)24-11-7-18-34(20-24)29(35)23-14-15-25(32)19-23/h4-6,9-10,12-13,23-25,37H,7-8,11,14-20,32H2,1-3H3,(H,33,36)/t23-,24-,25+,31+/m1/s1. The summed E-state index contributed by atoms with van der Waals surface area (Å²) < 4.78 is 11.2. The van der Waals surface area contributed by atoms with E-state index < -0.39 is 11.7 Å². The van der Waals surface area contributed by atoms with Gasteiger partial charge >= 0.3 is 6.09 Å². The molecule has 4 rings (SSSR count). The van der Waals surface area contributed by atoms with Gasteiger partial charge in [0.1, 0.15) is 11.5 Å². The molecule has 39 heavy (non-hydrogen) atoms. The molecule has 1 saturated heterocycles. The molecular weight excluding hydrogens is 494 g/mol. The van der Waals surface area contributed by atoms with Crippen LogP contribution in [-0.4, -0.2) is 54.8 Å². The number of ether oxygens (including phenoxy) is 2. The molecular formula is C31H43N3O5. The molecule has 1 aliphatic heterocycles. The first-order valence-corrected chi connectivity index (χ1v) is 14.1. The molecule has 1 heterocycles. The van der Waals surface area contributed by atoms with Crippen molar-refractivity contribution in [3.63, 3.8) is 0 Å².